The van der Waals surface area contributed by atoms with Crippen molar-refractivity contribution < 1.29 is 14.3 Å². The van der Waals surface area contributed by atoms with E-state index < -0.39 is 5.82 Å². The number of carbonyl (C=O) groups is 1. The highest BCUT2D eigenvalue weighted by Gasteiger charge is 2.34. The maximum atomic E-state index is 16.0. The van der Waals surface area contributed by atoms with Gasteiger partial charge in [0.05, 0.1) is 5.02 Å². The van der Waals surface area contributed by atoms with Crippen molar-refractivity contribution in [2.45, 2.75) is 25.9 Å². The lowest BCUT2D eigenvalue weighted by molar-refractivity contribution is -0.127. The van der Waals surface area contributed by atoms with Gasteiger partial charge in [0.15, 0.2) is 5.82 Å². The van der Waals surface area contributed by atoms with E-state index in [0.717, 1.165) is 15.8 Å². The molecule has 1 fully saturated rings. The van der Waals surface area contributed by atoms with Gasteiger partial charge >= 0.3 is 0 Å². The van der Waals surface area contributed by atoms with E-state index in [4.69, 9.17) is 11.6 Å². The molecule has 1 aliphatic heterocycles. The van der Waals surface area contributed by atoms with E-state index in [2.05, 4.69) is 15.9 Å². The molecule has 1 amide bonds. The summed E-state index contributed by atoms with van der Waals surface area (Å²) in [5.74, 6) is -0.566. The van der Waals surface area contributed by atoms with Gasteiger partial charge in [0.25, 0.3) is 0 Å². The van der Waals surface area contributed by atoms with Crippen LogP contribution in [0.3, 0.4) is 0 Å². The summed E-state index contributed by atoms with van der Waals surface area (Å²) < 4.78 is 20.4. The summed E-state index contributed by atoms with van der Waals surface area (Å²) in [6.45, 7) is 8.74. The van der Waals surface area contributed by atoms with Gasteiger partial charge in [0.2, 0.25) is 5.91 Å². The van der Waals surface area contributed by atoms with Gasteiger partial charge in [-0.2, -0.15) is 4.37 Å². The normalized spacial score (nSPS) is 18.6. The second-order valence-corrected chi connectivity index (χ2v) is 9.86. The number of anilines is 1. The fourth-order valence-corrected chi connectivity index (χ4v) is 6.32. The van der Waals surface area contributed by atoms with Crippen LogP contribution in [-0.4, -0.2) is 45.5 Å². The van der Waals surface area contributed by atoms with Crippen molar-refractivity contribution in [1.29, 1.82) is 0 Å². The molecular formula is C26H23ClFN3O2S. The first kappa shape index (κ1) is 22.6. The summed E-state index contributed by atoms with van der Waals surface area (Å²) in [4.78, 5) is 16.1. The van der Waals surface area contributed by atoms with Crippen LogP contribution in [0, 0.1) is 5.82 Å². The average Bonchev–Trinajstić information content (AvgIpc) is 3.21. The van der Waals surface area contributed by atoms with Crippen LogP contribution in [0.5, 0.6) is 5.75 Å². The van der Waals surface area contributed by atoms with E-state index in [1.807, 2.05) is 38.1 Å². The minimum absolute atomic E-state index is 0.00725. The van der Waals surface area contributed by atoms with Crippen molar-refractivity contribution in [1.82, 2.24) is 9.27 Å². The van der Waals surface area contributed by atoms with Gasteiger partial charge in [-0.3, -0.25) is 4.79 Å². The lowest BCUT2D eigenvalue weighted by atomic mass is 9.96. The second kappa shape index (κ2) is 8.56. The van der Waals surface area contributed by atoms with E-state index >= 15 is 4.39 Å². The minimum Gasteiger partial charge on any atom is -0.508 e. The first-order chi connectivity index (χ1) is 16.3. The summed E-state index contributed by atoms with van der Waals surface area (Å²) in [7, 11) is 0. The van der Waals surface area contributed by atoms with E-state index in [9.17, 15) is 9.90 Å². The molecule has 5 rings (SSSR count). The number of halogens is 2. The molecule has 1 aromatic heterocycles. The van der Waals surface area contributed by atoms with Crippen LogP contribution in [0.25, 0.3) is 32.8 Å². The highest BCUT2D eigenvalue weighted by atomic mass is 35.5. The third-order valence-electron chi connectivity index (χ3n) is 6.40. The average molecular weight is 496 g/mol. The number of phenolic OH excluding ortho intramolecular Hbond substituents is 1. The third kappa shape index (κ3) is 3.60. The smallest absolute Gasteiger partial charge is 0.246 e. The molecule has 8 heteroatoms. The number of rotatable bonds is 3. The Morgan fingerprint density at radius 2 is 1.91 bits per heavy atom. The maximum Gasteiger partial charge on any atom is 0.246 e. The van der Waals surface area contributed by atoms with Crippen molar-refractivity contribution in [3.05, 3.63) is 66.0 Å². The number of piperazine rings is 1. The van der Waals surface area contributed by atoms with E-state index in [-0.39, 0.29) is 39.8 Å². The Morgan fingerprint density at radius 3 is 2.62 bits per heavy atom. The van der Waals surface area contributed by atoms with Crippen LogP contribution in [0.2, 0.25) is 5.02 Å². The van der Waals surface area contributed by atoms with E-state index in [0.29, 0.717) is 24.0 Å². The predicted octanol–water partition coefficient (Wildman–Crippen LogP) is 6.23. The molecule has 1 saturated heterocycles. The summed E-state index contributed by atoms with van der Waals surface area (Å²) in [6.07, 6.45) is 1.33. The van der Waals surface area contributed by atoms with Crippen LogP contribution >= 0.6 is 23.1 Å². The number of hydrogen-bond acceptors (Lipinski definition) is 5. The zero-order chi connectivity index (χ0) is 24.1. The second-order valence-electron chi connectivity index (χ2n) is 8.70. The number of nitrogens with zero attached hydrogens (tertiary/aromatic N) is 3. The van der Waals surface area contributed by atoms with E-state index in [1.165, 1.54) is 23.7 Å². The molecule has 5 nitrogen and oxygen atoms in total. The van der Waals surface area contributed by atoms with Crippen LogP contribution < -0.4 is 4.90 Å². The fourth-order valence-electron chi connectivity index (χ4n) is 4.97. The van der Waals surface area contributed by atoms with Crippen molar-refractivity contribution >= 4 is 55.7 Å². The number of aromatic nitrogens is 1. The van der Waals surface area contributed by atoms with Crippen LogP contribution in [0.1, 0.15) is 13.8 Å². The fraction of sp³-hybridized carbons (Fsp3) is 0.231. The van der Waals surface area contributed by atoms with Gasteiger partial charge in [-0.15, -0.1) is 0 Å². The first-order valence-electron chi connectivity index (χ1n) is 11.0. The van der Waals surface area contributed by atoms with Gasteiger partial charge in [-0.1, -0.05) is 42.4 Å². The summed E-state index contributed by atoms with van der Waals surface area (Å²) >= 11 is 7.92. The van der Waals surface area contributed by atoms with Crippen molar-refractivity contribution in [2.75, 3.05) is 18.0 Å². The number of benzene rings is 3. The molecule has 0 aliphatic carbocycles. The molecule has 0 spiro atoms. The maximum absolute atomic E-state index is 16.0. The van der Waals surface area contributed by atoms with Gasteiger partial charge < -0.3 is 14.9 Å². The predicted molar refractivity (Wildman–Crippen MR) is 137 cm³/mol. The van der Waals surface area contributed by atoms with Crippen molar-refractivity contribution in [3.8, 4) is 16.9 Å². The Morgan fingerprint density at radius 1 is 1.21 bits per heavy atom. The SMILES string of the molecule is C=CC(=O)N1C[C@H](C)N(c2snc3c(F)c(-c4cc(O)cc5ccccc45)c(Cl)cc23)[C@@H](C)C1. The molecule has 3 aromatic carbocycles. The highest BCUT2D eigenvalue weighted by Crippen LogP contribution is 2.44. The van der Waals surface area contributed by atoms with Crippen molar-refractivity contribution in [3.63, 3.8) is 0 Å². The molecule has 1 aliphatic rings. The molecule has 0 unspecified atom stereocenters. The number of aromatic hydroxyl groups is 1. The number of fused-ring (bicyclic) bond motifs is 2. The van der Waals surface area contributed by atoms with Crippen LogP contribution in [-0.2, 0) is 4.79 Å². The third-order valence-corrected chi connectivity index (χ3v) is 7.58. The summed E-state index contributed by atoms with van der Waals surface area (Å²) in [5.41, 5.74) is 0.990. The number of hydrogen-bond donors (Lipinski definition) is 1. The summed E-state index contributed by atoms with van der Waals surface area (Å²) in [5, 5.41) is 13.6. The first-order valence-corrected chi connectivity index (χ1v) is 12.1. The Bertz CT molecular complexity index is 1440. The number of phenols is 1. The quantitative estimate of drug-likeness (QED) is 0.342. The molecule has 2 heterocycles. The molecule has 4 aromatic rings. The molecule has 0 bridgehead atoms. The van der Waals surface area contributed by atoms with Gasteiger partial charge in [-0.05, 0) is 66.0 Å². The van der Waals surface area contributed by atoms with Crippen LogP contribution in [0.4, 0.5) is 9.39 Å². The van der Waals surface area contributed by atoms with Gasteiger partial charge in [0.1, 0.15) is 16.3 Å². The molecule has 34 heavy (non-hydrogen) atoms. The molecule has 2 atom stereocenters. The lowest BCUT2D eigenvalue weighted by Crippen LogP contribution is -2.57. The molecule has 174 valence electrons. The highest BCUT2D eigenvalue weighted by molar-refractivity contribution is 7.11. The largest absolute Gasteiger partial charge is 0.508 e. The molecule has 1 N–H and O–H groups in total. The lowest BCUT2D eigenvalue weighted by Gasteiger charge is -2.44. The van der Waals surface area contributed by atoms with Gasteiger partial charge in [0, 0.05) is 36.1 Å². The molecule has 0 radical (unpaired) electrons. The minimum atomic E-state index is -0.512. The Kier molecular flexibility index (Phi) is 5.70. The van der Waals surface area contributed by atoms with Crippen LogP contribution in [0.15, 0.2) is 55.1 Å². The Hall–Kier alpha value is -3.16. The standard InChI is InChI=1S/C26H23ClFN3O2S/c1-4-22(33)30-12-14(2)31(15(3)13-30)26-20-11-21(27)23(24(28)25(20)29-34-26)19-10-17(32)9-16-7-5-6-8-18(16)19/h4-11,14-15,32H,1,12-13H2,2-3H3/t14-,15-/m0/s1. The zero-order valence-electron chi connectivity index (χ0n) is 18.8. The molecular weight excluding hydrogens is 473 g/mol. The zero-order valence-corrected chi connectivity index (χ0v) is 20.3. The van der Waals surface area contributed by atoms with E-state index in [1.54, 1.807) is 17.0 Å². The summed E-state index contributed by atoms with van der Waals surface area (Å²) in [6, 6.07) is 12.4. The molecule has 0 saturated carbocycles. The number of amides is 1. The Labute approximate surface area is 205 Å². The Balaban J connectivity index is 1.63. The topological polar surface area (TPSA) is 56.7 Å². The van der Waals surface area contributed by atoms with Gasteiger partial charge in [-0.25, -0.2) is 4.39 Å². The van der Waals surface area contributed by atoms with Crippen molar-refractivity contribution in [2.24, 2.45) is 0 Å². The number of carbonyl (C=O) groups excluding carboxylic acids is 1. The monoisotopic (exact) mass is 495 g/mol.